The maximum absolute atomic E-state index is 5.84. The minimum atomic E-state index is -0.246. The number of methoxy groups -OCH3 is 1. The molecule has 1 aliphatic rings. The highest BCUT2D eigenvalue weighted by Crippen LogP contribution is 2.37. The summed E-state index contributed by atoms with van der Waals surface area (Å²) in [4.78, 5) is 0. The van der Waals surface area contributed by atoms with E-state index >= 15 is 0 Å². The summed E-state index contributed by atoms with van der Waals surface area (Å²) < 4.78 is 22.0. The third-order valence-corrected chi connectivity index (χ3v) is 3.23. The number of rotatable bonds is 6. The SMILES string of the molecule is COCCOCCB1OC(C)(C)C(C)(C)O1. The molecule has 0 spiro atoms. The first-order valence-corrected chi connectivity index (χ1v) is 5.81. The minimum absolute atomic E-state index is 0.160. The van der Waals surface area contributed by atoms with Crippen LogP contribution in [0.2, 0.25) is 6.32 Å². The van der Waals surface area contributed by atoms with Crippen molar-refractivity contribution in [3.8, 4) is 0 Å². The van der Waals surface area contributed by atoms with Crippen LogP contribution in [0.25, 0.3) is 0 Å². The lowest BCUT2D eigenvalue weighted by atomic mass is 9.86. The summed E-state index contributed by atoms with van der Waals surface area (Å²) in [6.45, 7) is 10.1. The van der Waals surface area contributed by atoms with Gasteiger partial charge in [0.25, 0.3) is 0 Å². The second kappa shape index (κ2) is 5.49. The predicted molar refractivity (Wildman–Crippen MR) is 63.6 cm³/mol. The van der Waals surface area contributed by atoms with Crippen molar-refractivity contribution < 1.29 is 18.8 Å². The molecule has 4 nitrogen and oxygen atoms in total. The zero-order chi connectivity index (χ0) is 12.2. The van der Waals surface area contributed by atoms with Crippen molar-refractivity contribution in [1.29, 1.82) is 0 Å². The van der Waals surface area contributed by atoms with Gasteiger partial charge in [-0.15, -0.1) is 0 Å². The fourth-order valence-electron chi connectivity index (χ4n) is 1.51. The van der Waals surface area contributed by atoms with Gasteiger partial charge < -0.3 is 18.8 Å². The second-order valence-electron chi connectivity index (χ2n) is 5.08. The van der Waals surface area contributed by atoms with Gasteiger partial charge in [0.1, 0.15) is 0 Å². The molecule has 0 aromatic rings. The van der Waals surface area contributed by atoms with Crippen LogP contribution in [0.1, 0.15) is 27.7 Å². The molecule has 0 aliphatic carbocycles. The molecule has 0 unspecified atom stereocenters. The molecule has 16 heavy (non-hydrogen) atoms. The first kappa shape index (κ1) is 14.0. The van der Waals surface area contributed by atoms with Gasteiger partial charge in [-0.2, -0.15) is 0 Å². The summed E-state index contributed by atoms with van der Waals surface area (Å²) in [5.74, 6) is 0. The quantitative estimate of drug-likeness (QED) is 0.514. The Hall–Kier alpha value is -0.0951. The van der Waals surface area contributed by atoms with E-state index < -0.39 is 0 Å². The summed E-state index contributed by atoms with van der Waals surface area (Å²) in [6, 6.07) is 0. The van der Waals surface area contributed by atoms with Gasteiger partial charge in [0.05, 0.1) is 24.4 Å². The molecule has 0 atom stereocenters. The summed E-state index contributed by atoms with van der Waals surface area (Å²) in [5.41, 5.74) is -0.492. The number of ether oxygens (including phenoxy) is 2. The molecule has 1 fully saturated rings. The zero-order valence-electron chi connectivity index (χ0n) is 11.0. The van der Waals surface area contributed by atoms with E-state index in [0.29, 0.717) is 19.8 Å². The maximum atomic E-state index is 5.84. The molecular weight excluding hydrogens is 207 g/mol. The van der Waals surface area contributed by atoms with Crippen LogP contribution in [0.15, 0.2) is 0 Å². The van der Waals surface area contributed by atoms with Crippen molar-refractivity contribution in [3.63, 3.8) is 0 Å². The van der Waals surface area contributed by atoms with Gasteiger partial charge in [-0.05, 0) is 27.7 Å². The summed E-state index contributed by atoms with van der Waals surface area (Å²) in [6.07, 6.45) is 0.760. The van der Waals surface area contributed by atoms with Crippen LogP contribution in [0.5, 0.6) is 0 Å². The molecular formula is C11H23BO4. The van der Waals surface area contributed by atoms with Crippen LogP contribution in [0.4, 0.5) is 0 Å². The van der Waals surface area contributed by atoms with Crippen molar-refractivity contribution >= 4 is 7.12 Å². The Morgan fingerprint density at radius 3 is 2.00 bits per heavy atom. The molecule has 1 saturated heterocycles. The lowest BCUT2D eigenvalue weighted by Crippen LogP contribution is -2.41. The summed E-state index contributed by atoms with van der Waals surface area (Å²) >= 11 is 0. The number of hydrogen-bond donors (Lipinski definition) is 0. The summed E-state index contributed by atoms with van der Waals surface area (Å²) in [7, 11) is 1.50. The van der Waals surface area contributed by atoms with E-state index in [9.17, 15) is 0 Å². The lowest BCUT2D eigenvalue weighted by Gasteiger charge is -2.32. The molecule has 0 radical (unpaired) electrons. The second-order valence-corrected chi connectivity index (χ2v) is 5.08. The lowest BCUT2D eigenvalue weighted by molar-refractivity contribution is 0.00578. The van der Waals surface area contributed by atoms with Gasteiger partial charge in [-0.3, -0.25) is 0 Å². The first-order chi connectivity index (χ1) is 7.39. The Morgan fingerprint density at radius 1 is 0.938 bits per heavy atom. The molecule has 5 heteroatoms. The number of hydrogen-bond acceptors (Lipinski definition) is 4. The van der Waals surface area contributed by atoms with Crippen LogP contribution in [-0.2, 0) is 18.8 Å². The molecule has 94 valence electrons. The van der Waals surface area contributed by atoms with Crippen molar-refractivity contribution in [2.45, 2.75) is 45.2 Å². The zero-order valence-corrected chi connectivity index (χ0v) is 11.0. The highest BCUT2D eigenvalue weighted by atomic mass is 16.7. The van der Waals surface area contributed by atoms with Crippen molar-refractivity contribution in [3.05, 3.63) is 0 Å². The Labute approximate surface area is 98.7 Å². The van der Waals surface area contributed by atoms with Crippen LogP contribution in [0, 0.1) is 0 Å². The van der Waals surface area contributed by atoms with Crippen LogP contribution >= 0.6 is 0 Å². The highest BCUT2D eigenvalue weighted by molar-refractivity contribution is 6.45. The first-order valence-electron chi connectivity index (χ1n) is 5.81. The van der Waals surface area contributed by atoms with Gasteiger partial charge in [0.2, 0.25) is 0 Å². The molecule has 0 saturated carbocycles. The van der Waals surface area contributed by atoms with E-state index in [1.807, 2.05) is 0 Å². The molecule has 1 aliphatic heterocycles. The van der Waals surface area contributed by atoms with Crippen molar-refractivity contribution in [2.75, 3.05) is 26.9 Å². The van der Waals surface area contributed by atoms with E-state index in [1.165, 1.54) is 0 Å². The molecule has 0 amide bonds. The Morgan fingerprint density at radius 2 is 1.50 bits per heavy atom. The van der Waals surface area contributed by atoms with Crippen LogP contribution in [-0.4, -0.2) is 45.3 Å². The van der Waals surface area contributed by atoms with Crippen molar-refractivity contribution in [2.24, 2.45) is 0 Å². The van der Waals surface area contributed by atoms with E-state index in [2.05, 4.69) is 27.7 Å². The van der Waals surface area contributed by atoms with E-state index in [4.69, 9.17) is 18.8 Å². The highest BCUT2D eigenvalue weighted by Gasteiger charge is 2.50. The molecule has 0 N–H and O–H groups in total. The third-order valence-electron chi connectivity index (χ3n) is 3.23. The Balaban J connectivity index is 2.21. The monoisotopic (exact) mass is 230 g/mol. The molecule has 0 bridgehead atoms. The molecule has 1 rings (SSSR count). The van der Waals surface area contributed by atoms with Crippen LogP contribution in [0.3, 0.4) is 0 Å². The largest absolute Gasteiger partial charge is 0.460 e. The average molecular weight is 230 g/mol. The smallest absolute Gasteiger partial charge is 0.403 e. The Bertz CT molecular complexity index is 202. The van der Waals surface area contributed by atoms with Gasteiger partial charge in [-0.25, -0.2) is 0 Å². The van der Waals surface area contributed by atoms with Gasteiger partial charge >= 0.3 is 7.12 Å². The van der Waals surface area contributed by atoms with Gasteiger partial charge in [-0.1, -0.05) is 0 Å². The fourth-order valence-corrected chi connectivity index (χ4v) is 1.51. The summed E-state index contributed by atoms with van der Waals surface area (Å²) in [5, 5.41) is 0. The molecule has 0 aromatic carbocycles. The third kappa shape index (κ3) is 3.45. The minimum Gasteiger partial charge on any atom is -0.403 e. The van der Waals surface area contributed by atoms with E-state index in [0.717, 1.165) is 6.32 Å². The standard InChI is InChI=1S/C11H23BO4/c1-10(2)11(3,4)16-12(15-10)6-7-14-9-8-13-5/h6-9H2,1-5H3. The van der Waals surface area contributed by atoms with E-state index in [1.54, 1.807) is 7.11 Å². The molecule has 0 aromatic heterocycles. The van der Waals surface area contributed by atoms with E-state index in [-0.39, 0.29) is 18.3 Å². The fraction of sp³-hybridized carbons (Fsp3) is 1.00. The molecule has 1 heterocycles. The maximum Gasteiger partial charge on any atom is 0.460 e. The Kier molecular flexibility index (Phi) is 4.80. The predicted octanol–water partition coefficient (Wildman–Crippen LogP) is 1.74. The normalized spacial score (nSPS) is 22.7. The topological polar surface area (TPSA) is 36.9 Å². The van der Waals surface area contributed by atoms with Gasteiger partial charge in [0.15, 0.2) is 0 Å². The van der Waals surface area contributed by atoms with Gasteiger partial charge in [0, 0.05) is 20.0 Å². The van der Waals surface area contributed by atoms with Crippen LogP contribution < -0.4 is 0 Å². The van der Waals surface area contributed by atoms with Crippen molar-refractivity contribution in [1.82, 2.24) is 0 Å². The average Bonchev–Trinajstić information content (AvgIpc) is 2.35.